The van der Waals surface area contributed by atoms with E-state index in [1.54, 1.807) is 23.1 Å². The molecule has 146 valence electrons. The molecule has 2 aromatic rings. The van der Waals surface area contributed by atoms with E-state index in [0.29, 0.717) is 54.1 Å². The minimum atomic E-state index is -0.113. The van der Waals surface area contributed by atoms with Gasteiger partial charge in [-0.15, -0.1) is 0 Å². The fourth-order valence-electron chi connectivity index (χ4n) is 4.19. The van der Waals surface area contributed by atoms with Crippen molar-refractivity contribution >= 4 is 35.0 Å². The van der Waals surface area contributed by atoms with Crippen LogP contribution in [0.2, 0.25) is 10.0 Å². The number of aryl methyl sites for hydroxylation is 1. The second kappa shape index (κ2) is 8.14. The van der Waals surface area contributed by atoms with Crippen LogP contribution in [0.1, 0.15) is 40.2 Å². The first-order valence-electron chi connectivity index (χ1n) is 9.63. The van der Waals surface area contributed by atoms with Crippen LogP contribution >= 0.6 is 23.2 Å². The maximum Gasteiger partial charge on any atom is 0.255 e. The topological polar surface area (TPSA) is 40.6 Å². The molecule has 2 aliphatic rings. The highest BCUT2D eigenvalue weighted by atomic mass is 35.5. The zero-order valence-electron chi connectivity index (χ0n) is 15.5. The molecule has 1 aliphatic carbocycles. The number of rotatable bonds is 3. The number of nitrogens with zero attached hydrogens (tertiary/aromatic N) is 2. The zero-order chi connectivity index (χ0) is 19.7. The number of carbonyl (C=O) groups excluding carboxylic acids is 2. The van der Waals surface area contributed by atoms with E-state index in [1.807, 2.05) is 11.0 Å². The van der Waals surface area contributed by atoms with E-state index in [2.05, 4.69) is 18.2 Å². The Kier molecular flexibility index (Phi) is 5.61. The summed E-state index contributed by atoms with van der Waals surface area (Å²) in [6.45, 7) is 2.16. The van der Waals surface area contributed by atoms with Crippen LogP contribution < -0.4 is 0 Å². The van der Waals surface area contributed by atoms with Gasteiger partial charge in [0, 0.05) is 37.6 Å². The summed E-state index contributed by atoms with van der Waals surface area (Å²) in [7, 11) is 0. The van der Waals surface area contributed by atoms with E-state index in [0.717, 1.165) is 12.8 Å². The number of benzene rings is 2. The van der Waals surface area contributed by atoms with Crippen molar-refractivity contribution in [1.29, 1.82) is 0 Å². The van der Waals surface area contributed by atoms with Crippen LogP contribution in [0.5, 0.6) is 0 Å². The lowest BCUT2D eigenvalue weighted by molar-refractivity contribution is -0.133. The summed E-state index contributed by atoms with van der Waals surface area (Å²) < 4.78 is 0. The highest BCUT2D eigenvalue weighted by Crippen LogP contribution is 2.35. The molecule has 1 aliphatic heterocycles. The van der Waals surface area contributed by atoms with Gasteiger partial charge >= 0.3 is 0 Å². The van der Waals surface area contributed by atoms with Crippen molar-refractivity contribution < 1.29 is 9.59 Å². The Morgan fingerprint density at radius 2 is 1.68 bits per heavy atom. The Hall–Kier alpha value is -2.04. The summed E-state index contributed by atoms with van der Waals surface area (Å²) in [4.78, 5) is 29.1. The van der Waals surface area contributed by atoms with E-state index in [1.165, 1.54) is 11.1 Å². The monoisotopic (exact) mass is 416 g/mol. The average molecular weight is 417 g/mol. The predicted octanol–water partition coefficient (Wildman–Crippen LogP) is 4.40. The first-order chi connectivity index (χ1) is 13.5. The molecule has 1 heterocycles. The SMILES string of the molecule is O=C(CC1CCc2ccccc21)N1CCN(C(=O)c2ccc(Cl)cc2Cl)CC1. The summed E-state index contributed by atoms with van der Waals surface area (Å²) in [6.07, 6.45) is 2.64. The van der Waals surface area contributed by atoms with Gasteiger partial charge < -0.3 is 9.80 Å². The quantitative estimate of drug-likeness (QED) is 0.743. The molecule has 6 heteroatoms. The molecule has 2 amide bonds. The van der Waals surface area contributed by atoms with Gasteiger partial charge in [0.1, 0.15) is 0 Å². The van der Waals surface area contributed by atoms with Gasteiger partial charge in [-0.3, -0.25) is 9.59 Å². The highest BCUT2D eigenvalue weighted by Gasteiger charge is 2.29. The first-order valence-corrected chi connectivity index (χ1v) is 10.4. The van der Waals surface area contributed by atoms with Crippen molar-refractivity contribution in [2.75, 3.05) is 26.2 Å². The average Bonchev–Trinajstić information content (AvgIpc) is 3.10. The van der Waals surface area contributed by atoms with Crippen molar-refractivity contribution in [3.63, 3.8) is 0 Å². The molecule has 4 rings (SSSR count). The van der Waals surface area contributed by atoms with Crippen LogP contribution in [0.25, 0.3) is 0 Å². The standard InChI is InChI=1S/C22H22Cl2N2O2/c23-17-7-8-19(20(24)14-17)22(28)26-11-9-25(10-12-26)21(27)13-16-6-5-15-3-1-2-4-18(15)16/h1-4,7-8,14,16H,5-6,9-13H2. The Balaban J connectivity index is 1.34. The van der Waals surface area contributed by atoms with Gasteiger partial charge in [-0.1, -0.05) is 47.5 Å². The molecule has 0 aromatic heterocycles. The number of hydrogen-bond acceptors (Lipinski definition) is 2. The smallest absolute Gasteiger partial charge is 0.255 e. The summed E-state index contributed by atoms with van der Waals surface area (Å²) in [6, 6.07) is 13.3. The van der Waals surface area contributed by atoms with E-state index < -0.39 is 0 Å². The number of carbonyl (C=O) groups is 2. The number of fused-ring (bicyclic) bond motifs is 1. The van der Waals surface area contributed by atoms with E-state index in [4.69, 9.17) is 23.2 Å². The number of halogens is 2. The zero-order valence-corrected chi connectivity index (χ0v) is 17.0. The molecule has 0 saturated carbocycles. The van der Waals surface area contributed by atoms with Crippen molar-refractivity contribution in [3.05, 3.63) is 69.2 Å². The molecule has 2 aromatic carbocycles. The minimum absolute atomic E-state index is 0.113. The molecule has 1 fully saturated rings. The predicted molar refractivity (Wildman–Crippen MR) is 111 cm³/mol. The van der Waals surface area contributed by atoms with Crippen molar-refractivity contribution in [3.8, 4) is 0 Å². The maximum absolute atomic E-state index is 12.8. The Labute approximate surface area is 175 Å². The van der Waals surface area contributed by atoms with Crippen LogP contribution in [0.4, 0.5) is 0 Å². The summed E-state index contributed by atoms with van der Waals surface area (Å²) >= 11 is 12.1. The van der Waals surface area contributed by atoms with Crippen LogP contribution in [-0.2, 0) is 11.2 Å². The summed E-state index contributed by atoms with van der Waals surface area (Å²) in [5.41, 5.74) is 3.14. The van der Waals surface area contributed by atoms with Gasteiger partial charge in [0.2, 0.25) is 5.91 Å². The third-order valence-electron chi connectivity index (χ3n) is 5.76. The molecule has 0 N–H and O–H groups in total. The second-order valence-electron chi connectivity index (χ2n) is 7.44. The van der Waals surface area contributed by atoms with Crippen molar-refractivity contribution in [2.24, 2.45) is 0 Å². The van der Waals surface area contributed by atoms with Gasteiger partial charge in [-0.2, -0.15) is 0 Å². The van der Waals surface area contributed by atoms with E-state index >= 15 is 0 Å². The number of hydrogen-bond donors (Lipinski definition) is 0. The molecule has 0 bridgehead atoms. The molecular weight excluding hydrogens is 395 g/mol. The Bertz CT molecular complexity index is 907. The van der Waals surface area contributed by atoms with Crippen LogP contribution in [0.3, 0.4) is 0 Å². The van der Waals surface area contributed by atoms with Gasteiger partial charge in [-0.25, -0.2) is 0 Å². The molecular formula is C22H22Cl2N2O2. The molecule has 0 radical (unpaired) electrons. The third-order valence-corrected chi connectivity index (χ3v) is 6.31. The Morgan fingerprint density at radius 1 is 0.964 bits per heavy atom. The summed E-state index contributed by atoms with van der Waals surface area (Å²) in [5.74, 6) is 0.382. The lowest BCUT2D eigenvalue weighted by Crippen LogP contribution is -2.50. The number of piperazine rings is 1. The first kappa shape index (κ1) is 19.3. The van der Waals surface area contributed by atoms with Crippen molar-refractivity contribution in [1.82, 2.24) is 9.80 Å². The van der Waals surface area contributed by atoms with Gasteiger partial charge in [-0.05, 0) is 48.1 Å². The molecule has 4 nitrogen and oxygen atoms in total. The normalized spacial score (nSPS) is 18.9. The largest absolute Gasteiger partial charge is 0.339 e. The van der Waals surface area contributed by atoms with Gasteiger partial charge in [0.05, 0.1) is 10.6 Å². The molecule has 1 unspecified atom stereocenters. The molecule has 1 atom stereocenters. The lowest BCUT2D eigenvalue weighted by atomic mass is 9.97. The summed E-state index contributed by atoms with van der Waals surface area (Å²) in [5, 5.41) is 0.862. The van der Waals surface area contributed by atoms with Crippen LogP contribution in [0, 0.1) is 0 Å². The highest BCUT2D eigenvalue weighted by molar-refractivity contribution is 6.36. The molecule has 28 heavy (non-hydrogen) atoms. The fourth-order valence-corrected chi connectivity index (χ4v) is 4.68. The lowest BCUT2D eigenvalue weighted by Gasteiger charge is -2.35. The van der Waals surface area contributed by atoms with Crippen LogP contribution in [0.15, 0.2) is 42.5 Å². The second-order valence-corrected chi connectivity index (χ2v) is 8.28. The van der Waals surface area contributed by atoms with Gasteiger partial charge in [0.25, 0.3) is 5.91 Å². The van der Waals surface area contributed by atoms with Crippen LogP contribution in [-0.4, -0.2) is 47.8 Å². The fraction of sp³-hybridized carbons (Fsp3) is 0.364. The number of amides is 2. The minimum Gasteiger partial charge on any atom is -0.339 e. The molecule has 0 spiro atoms. The van der Waals surface area contributed by atoms with Gasteiger partial charge in [0.15, 0.2) is 0 Å². The Morgan fingerprint density at radius 3 is 2.43 bits per heavy atom. The van der Waals surface area contributed by atoms with Crippen molar-refractivity contribution in [2.45, 2.75) is 25.2 Å². The third kappa shape index (κ3) is 3.89. The maximum atomic E-state index is 12.8. The van der Waals surface area contributed by atoms with E-state index in [-0.39, 0.29) is 11.8 Å². The van der Waals surface area contributed by atoms with E-state index in [9.17, 15) is 9.59 Å². The molecule has 1 saturated heterocycles.